The second kappa shape index (κ2) is 7.35. The molecule has 1 heterocycles. The van der Waals surface area contributed by atoms with Crippen LogP contribution in [-0.2, 0) is 4.79 Å². The van der Waals surface area contributed by atoms with Crippen molar-refractivity contribution in [2.24, 2.45) is 0 Å². The lowest BCUT2D eigenvalue weighted by Crippen LogP contribution is -2.30. The number of amides is 2. The third-order valence-electron chi connectivity index (χ3n) is 4.35. The summed E-state index contributed by atoms with van der Waals surface area (Å²) in [6.07, 6.45) is 1.23. The Kier molecular flexibility index (Phi) is 5.45. The van der Waals surface area contributed by atoms with Gasteiger partial charge in [0.2, 0.25) is 6.41 Å². The van der Waals surface area contributed by atoms with Crippen LogP contribution in [0.4, 0.5) is 0 Å². The van der Waals surface area contributed by atoms with Crippen molar-refractivity contribution in [3.8, 4) is 11.8 Å². The van der Waals surface area contributed by atoms with Crippen LogP contribution in [0.2, 0.25) is 0 Å². The molecule has 0 fully saturated rings. The van der Waals surface area contributed by atoms with Crippen LogP contribution >= 0.6 is 0 Å². The van der Waals surface area contributed by atoms with Crippen molar-refractivity contribution in [2.45, 2.75) is 39.2 Å². The number of methoxy groups -OCH3 is 1. The van der Waals surface area contributed by atoms with E-state index in [-0.39, 0.29) is 11.8 Å². The normalized spacial score (nSPS) is 16.1. The van der Waals surface area contributed by atoms with E-state index in [2.05, 4.69) is 11.4 Å². The summed E-state index contributed by atoms with van der Waals surface area (Å²) in [6.45, 7) is 6.83. The topological polar surface area (TPSA) is 82.4 Å². The number of nitrogens with one attached hydrogen (secondary N) is 1. The molecule has 0 bridgehead atoms. The molecule has 24 heavy (non-hydrogen) atoms. The molecule has 1 atom stereocenters. The standard InChI is InChI=1S/C18H23N3O3/c1-11(2)15-14(24-4)8-12(3)16-17(15)13(9-19)21(18(16)23)7-5-6-20-10-22/h8,10-11,13H,5-7H2,1-4H3,(H,20,22). The van der Waals surface area contributed by atoms with Crippen LogP contribution in [0.1, 0.15) is 59.3 Å². The van der Waals surface area contributed by atoms with E-state index in [1.165, 1.54) is 0 Å². The largest absolute Gasteiger partial charge is 0.496 e. The molecule has 2 amide bonds. The average molecular weight is 329 g/mol. The maximum Gasteiger partial charge on any atom is 0.255 e. The van der Waals surface area contributed by atoms with Crippen molar-refractivity contribution < 1.29 is 14.3 Å². The monoisotopic (exact) mass is 329 g/mol. The van der Waals surface area contributed by atoms with Gasteiger partial charge in [-0.3, -0.25) is 9.59 Å². The molecular weight excluding hydrogens is 306 g/mol. The molecule has 1 aromatic carbocycles. The first-order valence-corrected chi connectivity index (χ1v) is 8.06. The minimum absolute atomic E-state index is 0.121. The minimum atomic E-state index is -0.616. The van der Waals surface area contributed by atoms with Crippen LogP contribution in [0.15, 0.2) is 6.07 Å². The molecule has 0 spiro atoms. The number of benzene rings is 1. The van der Waals surface area contributed by atoms with Crippen LogP contribution < -0.4 is 10.1 Å². The lowest BCUT2D eigenvalue weighted by molar-refractivity contribution is -0.109. The van der Waals surface area contributed by atoms with Gasteiger partial charge >= 0.3 is 0 Å². The lowest BCUT2D eigenvalue weighted by Gasteiger charge is -2.22. The van der Waals surface area contributed by atoms with Gasteiger partial charge in [0.15, 0.2) is 0 Å². The summed E-state index contributed by atoms with van der Waals surface area (Å²) >= 11 is 0. The number of hydrogen-bond donors (Lipinski definition) is 1. The number of ether oxygens (including phenoxy) is 1. The molecule has 0 saturated carbocycles. The lowest BCUT2D eigenvalue weighted by atomic mass is 9.88. The van der Waals surface area contributed by atoms with Gasteiger partial charge in [-0.15, -0.1) is 0 Å². The third-order valence-corrected chi connectivity index (χ3v) is 4.35. The van der Waals surface area contributed by atoms with Crippen LogP contribution in [0.5, 0.6) is 5.75 Å². The predicted octanol–water partition coefficient (Wildman–Crippen LogP) is 2.28. The van der Waals surface area contributed by atoms with Crippen molar-refractivity contribution >= 4 is 12.3 Å². The van der Waals surface area contributed by atoms with Gasteiger partial charge in [0.1, 0.15) is 11.8 Å². The first-order valence-electron chi connectivity index (χ1n) is 8.06. The Labute approximate surface area is 142 Å². The van der Waals surface area contributed by atoms with E-state index in [4.69, 9.17) is 4.74 Å². The van der Waals surface area contributed by atoms with Crippen molar-refractivity contribution in [3.05, 3.63) is 28.3 Å². The molecule has 6 nitrogen and oxygen atoms in total. The number of carbonyl (C=O) groups is 2. The molecule has 0 saturated heterocycles. The van der Waals surface area contributed by atoms with Crippen LogP contribution in [0.3, 0.4) is 0 Å². The van der Waals surface area contributed by atoms with Gasteiger partial charge in [-0.05, 0) is 30.9 Å². The number of carbonyl (C=O) groups excluding carboxylic acids is 2. The van der Waals surface area contributed by atoms with Gasteiger partial charge in [0, 0.05) is 29.8 Å². The van der Waals surface area contributed by atoms with Crippen molar-refractivity contribution in [1.29, 1.82) is 5.26 Å². The summed E-state index contributed by atoms with van der Waals surface area (Å²) in [6, 6.07) is 3.53. The summed E-state index contributed by atoms with van der Waals surface area (Å²) < 4.78 is 5.50. The summed E-state index contributed by atoms with van der Waals surface area (Å²) in [5.74, 6) is 0.734. The zero-order valence-corrected chi connectivity index (χ0v) is 14.5. The van der Waals surface area contributed by atoms with Crippen LogP contribution in [0.25, 0.3) is 0 Å². The van der Waals surface area contributed by atoms with Crippen molar-refractivity contribution in [2.75, 3.05) is 20.2 Å². The summed E-state index contributed by atoms with van der Waals surface area (Å²) in [4.78, 5) is 24.8. The third kappa shape index (κ3) is 2.94. The van der Waals surface area contributed by atoms with E-state index in [1.54, 1.807) is 12.0 Å². The second-order valence-electron chi connectivity index (χ2n) is 6.21. The Hall–Kier alpha value is -2.55. The maximum absolute atomic E-state index is 12.9. The summed E-state index contributed by atoms with van der Waals surface area (Å²) in [7, 11) is 1.61. The number of fused-ring (bicyclic) bond motifs is 1. The Balaban J connectivity index is 2.49. The predicted molar refractivity (Wildman–Crippen MR) is 89.9 cm³/mol. The van der Waals surface area contributed by atoms with E-state index >= 15 is 0 Å². The Bertz CT molecular complexity index is 692. The zero-order valence-electron chi connectivity index (χ0n) is 14.5. The minimum Gasteiger partial charge on any atom is -0.496 e. The van der Waals surface area contributed by atoms with Gasteiger partial charge in [-0.25, -0.2) is 0 Å². The Morgan fingerprint density at radius 2 is 2.21 bits per heavy atom. The molecule has 6 heteroatoms. The van der Waals surface area contributed by atoms with Gasteiger partial charge in [-0.2, -0.15) is 5.26 Å². The molecule has 0 radical (unpaired) electrons. The average Bonchev–Trinajstić information content (AvgIpc) is 2.83. The Morgan fingerprint density at radius 3 is 2.75 bits per heavy atom. The molecule has 1 aliphatic heterocycles. The summed E-state index contributed by atoms with van der Waals surface area (Å²) in [5, 5.41) is 12.3. The number of nitriles is 1. The van der Waals surface area contributed by atoms with E-state index < -0.39 is 6.04 Å². The van der Waals surface area contributed by atoms with Gasteiger partial charge in [0.05, 0.1) is 13.2 Å². The van der Waals surface area contributed by atoms with Gasteiger partial charge < -0.3 is 15.0 Å². The number of rotatable bonds is 7. The highest BCUT2D eigenvalue weighted by Gasteiger charge is 2.41. The SMILES string of the molecule is COc1cc(C)c2c(c1C(C)C)C(C#N)N(CCCNC=O)C2=O. The highest BCUT2D eigenvalue weighted by molar-refractivity contribution is 6.02. The molecule has 1 unspecified atom stereocenters. The zero-order chi connectivity index (χ0) is 17.9. The highest BCUT2D eigenvalue weighted by atomic mass is 16.5. The number of hydrogen-bond acceptors (Lipinski definition) is 4. The number of aryl methyl sites for hydroxylation is 1. The summed E-state index contributed by atoms with van der Waals surface area (Å²) in [5.41, 5.74) is 3.14. The van der Waals surface area contributed by atoms with Gasteiger partial charge in [-0.1, -0.05) is 13.8 Å². The maximum atomic E-state index is 12.9. The highest BCUT2D eigenvalue weighted by Crippen LogP contribution is 2.44. The smallest absolute Gasteiger partial charge is 0.255 e. The fourth-order valence-corrected chi connectivity index (χ4v) is 3.35. The number of nitrogens with zero attached hydrogens (tertiary/aromatic N) is 2. The fourth-order valence-electron chi connectivity index (χ4n) is 3.35. The van der Waals surface area contributed by atoms with E-state index in [1.807, 2.05) is 26.8 Å². The molecule has 1 aromatic rings. The van der Waals surface area contributed by atoms with Crippen molar-refractivity contribution in [1.82, 2.24) is 10.2 Å². The molecule has 128 valence electrons. The second-order valence-corrected chi connectivity index (χ2v) is 6.21. The van der Waals surface area contributed by atoms with E-state index in [0.29, 0.717) is 31.5 Å². The van der Waals surface area contributed by atoms with E-state index in [0.717, 1.165) is 22.4 Å². The molecular formula is C18H23N3O3. The van der Waals surface area contributed by atoms with E-state index in [9.17, 15) is 14.9 Å². The quantitative estimate of drug-likeness (QED) is 0.614. The molecule has 1 aliphatic rings. The van der Waals surface area contributed by atoms with Gasteiger partial charge in [0.25, 0.3) is 5.91 Å². The first-order chi connectivity index (χ1) is 11.5. The van der Waals surface area contributed by atoms with Crippen LogP contribution in [0, 0.1) is 18.3 Å². The van der Waals surface area contributed by atoms with Crippen LogP contribution in [-0.4, -0.2) is 37.4 Å². The molecule has 0 aliphatic carbocycles. The Morgan fingerprint density at radius 1 is 1.50 bits per heavy atom. The first kappa shape index (κ1) is 17.8. The van der Waals surface area contributed by atoms with Crippen molar-refractivity contribution in [3.63, 3.8) is 0 Å². The molecule has 0 aromatic heterocycles. The fraction of sp³-hybridized carbons (Fsp3) is 0.500. The molecule has 2 rings (SSSR count). The molecule has 1 N–H and O–H groups in total.